The zero-order valence-electron chi connectivity index (χ0n) is 17.7. The van der Waals surface area contributed by atoms with Crippen LogP contribution in [-0.2, 0) is 14.8 Å². The molecule has 30 heavy (non-hydrogen) atoms. The highest BCUT2D eigenvalue weighted by molar-refractivity contribution is 7.88. The van der Waals surface area contributed by atoms with E-state index in [0.717, 1.165) is 24.2 Å². The number of aromatic amines is 1. The number of aryl methyl sites for hydroxylation is 1. The molecule has 0 saturated carbocycles. The molecule has 1 amide bonds. The minimum atomic E-state index is -3.18. The Labute approximate surface area is 176 Å². The van der Waals surface area contributed by atoms with Crippen LogP contribution in [0.5, 0.6) is 0 Å². The van der Waals surface area contributed by atoms with E-state index in [1.165, 1.54) is 15.1 Å². The molecule has 0 unspecified atom stereocenters. The number of carbonyl (C=O) groups excluding carboxylic acids is 1. The van der Waals surface area contributed by atoms with Gasteiger partial charge in [0.2, 0.25) is 15.9 Å². The molecule has 2 aromatic rings. The average Bonchev–Trinajstić information content (AvgIpc) is 3.15. The fourth-order valence-electron chi connectivity index (χ4n) is 4.55. The lowest BCUT2D eigenvalue weighted by atomic mass is 9.91. The first-order valence-corrected chi connectivity index (χ1v) is 12.3. The van der Waals surface area contributed by atoms with Gasteiger partial charge in [0.05, 0.1) is 6.26 Å². The van der Waals surface area contributed by atoms with Crippen molar-refractivity contribution in [3.05, 3.63) is 33.4 Å². The highest BCUT2D eigenvalue weighted by Crippen LogP contribution is 2.30. The van der Waals surface area contributed by atoms with Crippen molar-refractivity contribution in [3.8, 4) is 0 Å². The Bertz CT molecular complexity index is 1120. The molecule has 2 aromatic heterocycles. The first-order chi connectivity index (χ1) is 14.1. The molecule has 2 aliphatic heterocycles. The monoisotopic (exact) mass is 435 g/mol. The number of H-pyrrole nitrogens is 1. The summed E-state index contributed by atoms with van der Waals surface area (Å²) in [6.07, 6.45) is 4.04. The van der Waals surface area contributed by atoms with E-state index in [9.17, 15) is 18.0 Å². The number of aromatic nitrogens is 3. The van der Waals surface area contributed by atoms with Crippen molar-refractivity contribution in [3.63, 3.8) is 0 Å². The predicted octanol–water partition coefficient (Wildman–Crippen LogP) is 1.02. The number of piperidine rings is 2. The molecule has 2 fully saturated rings. The molecular formula is C20H29N5O4S. The molecular weight excluding hydrogens is 406 g/mol. The van der Waals surface area contributed by atoms with Gasteiger partial charge < -0.3 is 4.90 Å². The smallest absolute Gasteiger partial charge is 0.275 e. The minimum absolute atomic E-state index is 0.0724. The van der Waals surface area contributed by atoms with E-state index in [4.69, 9.17) is 0 Å². The van der Waals surface area contributed by atoms with Crippen LogP contribution in [0, 0.1) is 19.8 Å². The summed E-state index contributed by atoms with van der Waals surface area (Å²) in [6.45, 7) is 5.80. The van der Waals surface area contributed by atoms with Gasteiger partial charge in [-0.05, 0) is 39.5 Å². The van der Waals surface area contributed by atoms with Crippen LogP contribution in [0.15, 0.2) is 10.9 Å². The van der Waals surface area contributed by atoms with Crippen LogP contribution in [0.2, 0.25) is 0 Å². The van der Waals surface area contributed by atoms with Gasteiger partial charge in [0.15, 0.2) is 5.65 Å². The Morgan fingerprint density at radius 1 is 1.10 bits per heavy atom. The van der Waals surface area contributed by atoms with E-state index in [-0.39, 0.29) is 23.3 Å². The maximum absolute atomic E-state index is 12.9. The van der Waals surface area contributed by atoms with Crippen molar-refractivity contribution in [1.82, 2.24) is 23.8 Å². The molecule has 0 aliphatic carbocycles. The average molecular weight is 436 g/mol. The first-order valence-electron chi connectivity index (χ1n) is 10.5. The predicted molar refractivity (Wildman–Crippen MR) is 113 cm³/mol. The van der Waals surface area contributed by atoms with E-state index in [1.54, 1.807) is 6.92 Å². The zero-order valence-corrected chi connectivity index (χ0v) is 18.5. The number of nitrogens with one attached hydrogen (secondary N) is 1. The molecule has 1 N–H and O–H groups in total. The van der Waals surface area contributed by atoms with Gasteiger partial charge in [-0.25, -0.2) is 22.2 Å². The molecule has 164 valence electrons. The van der Waals surface area contributed by atoms with E-state index >= 15 is 0 Å². The van der Waals surface area contributed by atoms with Gasteiger partial charge >= 0.3 is 0 Å². The van der Waals surface area contributed by atoms with Crippen molar-refractivity contribution in [2.75, 3.05) is 32.4 Å². The van der Waals surface area contributed by atoms with Gasteiger partial charge in [-0.3, -0.25) is 14.7 Å². The fourth-order valence-corrected chi connectivity index (χ4v) is 5.42. The van der Waals surface area contributed by atoms with Crippen LogP contribution < -0.4 is 5.56 Å². The van der Waals surface area contributed by atoms with Gasteiger partial charge in [-0.2, -0.15) is 0 Å². The van der Waals surface area contributed by atoms with Crippen molar-refractivity contribution < 1.29 is 13.2 Å². The third kappa shape index (κ3) is 3.90. The van der Waals surface area contributed by atoms with E-state index < -0.39 is 10.0 Å². The van der Waals surface area contributed by atoms with Gasteiger partial charge in [0, 0.05) is 61.0 Å². The lowest BCUT2D eigenvalue weighted by Crippen LogP contribution is -2.46. The second kappa shape index (κ2) is 7.81. The van der Waals surface area contributed by atoms with Crippen molar-refractivity contribution >= 4 is 21.6 Å². The third-order valence-electron chi connectivity index (χ3n) is 6.62. The van der Waals surface area contributed by atoms with E-state index in [2.05, 4.69) is 10.1 Å². The summed E-state index contributed by atoms with van der Waals surface area (Å²) in [7, 11) is -3.18. The van der Waals surface area contributed by atoms with Crippen LogP contribution in [-0.4, -0.2) is 70.6 Å². The molecule has 4 rings (SSSR count). The van der Waals surface area contributed by atoms with Crippen LogP contribution in [0.3, 0.4) is 0 Å². The zero-order chi connectivity index (χ0) is 21.6. The van der Waals surface area contributed by atoms with Crippen molar-refractivity contribution in [1.29, 1.82) is 0 Å². The number of nitrogens with zero attached hydrogens (tertiary/aromatic N) is 4. The minimum Gasteiger partial charge on any atom is -0.342 e. The summed E-state index contributed by atoms with van der Waals surface area (Å²) < 4.78 is 26.3. The Kier molecular flexibility index (Phi) is 5.48. The van der Waals surface area contributed by atoms with Crippen LogP contribution in [0.1, 0.15) is 48.6 Å². The fraction of sp³-hybridized carbons (Fsp3) is 0.650. The quantitative estimate of drug-likeness (QED) is 0.774. The summed E-state index contributed by atoms with van der Waals surface area (Å²) in [4.78, 5) is 31.8. The van der Waals surface area contributed by atoms with Crippen LogP contribution in [0.25, 0.3) is 5.65 Å². The van der Waals surface area contributed by atoms with E-state index in [1.807, 2.05) is 17.9 Å². The Morgan fingerprint density at radius 3 is 2.33 bits per heavy atom. The molecule has 0 radical (unpaired) electrons. The maximum atomic E-state index is 12.9. The molecule has 4 heterocycles. The lowest BCUT2D eigenvalue weighted by Gasteiger charge is -2.36. The summed E-state index contributed by atoms with van der Waals surface area (Å²) in [6, 6.07) is 1.94. The molecule has 0 spiro atoms. The largest absolute Gasteiger partial charge is 0.342 e. The Morgan fingerprint density at radius 2 is 1.73 bits per heavy atom. The first kappa shape index (κ1) is 21.0. The molecule has 2 aliphatic rings. The van der Waals surface area contributed by atoms with Gasteiger partial charge in [0.25, 0.3) is 5.56 Å². The summed E-state index contributed by atoms with van der Waals surface area (Å²) in [5, 5.41) is 3.20. The SMILES string of the molecule is Cc1nc2cc(C3CCN(C(=O)C4CCN(S(C)(=O)=O)CC4)CC3)[nH]n2c(=O)c1C. The van der Waals surface area contributed by atoms with Crippen LogP contribution in [0.4, 0.5) is 0 Å². The molecule has 0 atom stereocenters. The number of sulfonamides is 1. The second-order valence-corrected chi connectivity index (χ2v) is 10.6. The summed E-state index contributed by atoms with van der Waals surface area (Å²) in [5.74, 6) is 0.298. The summed E-state index contributed by atoms with van der Waals surface area (Å²) in [5.41, 5.74) is 2.93. The number of fused-ring (bicyclic) bond motifs is 1. The number of amides is 1. The van der Waals surface area contributed by atoms with Gasteiger partial charge in [-0.15, -0.1) is 0 Å². The lowest BCUT2D eigenvalue weighted by molar-refractivity contribution is -0.137. The van der Waals surface area contributed by atoms with Gasteiger partial charge in [0.1, 0.15) is 0 Å². The normalized spacial score (nSPS) is 20.2. The van der Waals surface area contributed by atoms with Crippen molar-refractivity contribution in [2.45, 2.75) is 45.4 Å². The molecule has 0 bridgehead atoms. The molecule has 9 nitrogen and oxygen atoms in total. The van der Waals surface area contributed by atoms with E-state index in [0.29, 0.717) is 50.2 Å². The Balaban J connectivity index is 1.38. The molecule has 0 aromatic carbocycles. The number of hydrogen-bond donors (Lipinski definition) is 1. The summed E-state index contributed by atoms with van der Waals surface area (Å²) >= 11 is 0. The van der Waals surface area contributed by atoms with Crippen LogP contribution >= 0.6 is 0 Å². The number of carbonyl (C=O) groups is 1. The highest BCUT2D eigenvalue weighted by Gasteiger charge is 2.33. The number of hydrogen-bond acceptors (Lipinski definition) is 5. The number of rotatable bonds is 3. The van der Waals surface area contributed by atoms with Gasteiger partial charge in [-0.1, -0.05) is 0 Å². The topological polar surface area (TPSA) is 108 Å². The number of likely N-dealkylation sites (tertiary alicyclic amines) is 1. The Hall–Kier alpha value is -2.20. The highest BCUT2D eigenvalue weighted by atomic mass is 32.2. The second-order valence-electron chi connectivity index (χ2n) is 8.57. The molecule has 2 saturated heterocycles. The third-order valence-corrected chi connectivity index (χ3v) is 7.93. The molecule has 10 heteroatoms. The standard InChI is InChI=1S/C20H29N5O4S/c1-13-14(2)21-18-12-17(22-25(18)19(13)26)15-4-8-23(9-5-15)20(27)16-6-10-24(11-7-16)30(3,28)29/h12,15-16,22H,4-11H2,1-3H3. The maximum Gasteiger partial charge on any atom is 0.275 e. The van der Waals surface area contributed by atoms with Crippen molar-refractivity contribution in [2.24, 2.45) is 5.92 Å².